The number of aldehydes is 1. The van der Waals surface area contributed by atoms with E-state index < -0.39 is 0 Å². The maximum absolute atomic E-state index is 10.7. The van der Waals surface area contributed by atoms with Crippen LogP contribution in [0.5, 0.6) is 0 Å². The number of hydrogen-bond acceptors (Lipinski definition) is 3. The third kappa shape index (κ3) is 2.93. The zero-order valence-electron chi connectivity index (χ0n) is 11.3. The molecule has 0 unspecified atom stereocenters. The van der Waals surface area contributed by atoms with Gasteiger partial charge in [-0.3, -0.25) is 4.79 Å². The zero-order chi connectivity index (χ0) is 14.5. The third-order valence-electron chi connectivity index (χ3n) is 2.68. The quantitative estimate of drug-likeness (QED) is 0.485. The highest BCUT2D eigenvalue weighted by Gasteiger charge is 2.04. The Kier molecular flexibility index (Phi) is 3.96. The van der Waals surface area contributed by atoms with E-state index >= 15 is 0 Å². The van der Waals surface area contributed by atoms with Crippen molar-refractivity contribution in [3.8, 4) is 11.8 Å². The fourth-order valence-electron chi connectivity index (χ4n) is 1.71. The molecule has 0 amide bonds. The maximum Gasteiger partial charge on any atom is 0.151 e. The van der Waals surface area contributed by atoms with E-state index in [0.29, 0.717) is 16.8 Å². The van der Waals surface area contributed by atoms with Gasteiger partial charge in [-0.05, 0) is 24.3 Å². The lowest BCUT2D eigenvalue weighted by molar-refractivity contribution is 0.112. The summed E-state index contributed by atoms with van der Waals surface area (Å²) in [5, 5.41) is 9.20. The van der Waals surface area contributed by atoms with Crippen LogP contribution in [0.1, 0.15) is 15.9 Å². The van der Waals surface area contributed by atoms with Gasteiger partial charge in [0.05, 0.1) is 17.6 Å². The fourth-order valence-corrected chi connectivity index (χ4v) is 1.71. The van der Waals surface area contributed by atoms with Gasteiger partial charge in [0.15, 0.2) is 6.29 Å². The molecule has 5 nitrogen and oxygen atoms in total. The van der Waals surface area contributed by atoms with Crippen LogP contribution >= 0.6 is 0 Å². The van der Waals surface area contributed by atoms with Crippen LogP contribution in [0.4, 0.5) is 5.69 Å². The highest BCUT2D eigenvalue weighted by molar-refractivity contribution is 5.74. The molecular formula is C15H14N4O. The SMILES string of the molecule is CN(C)/C=N/c1ccc(-n2ccc(C=O)c2)cc1C#N. The molecule has 0 atom stereocenters. The number of carbonyl (C=O) groups is 1. The molecule has 0 aliphatic carbocycles. The number of carbonyl (C=O) groups excluding carboxylic acids is 1. The van der Waals surface area contributed by atoms with E-state index in [1.807, 2.05) is 20.2 Å². The molecule has 0 bridgehead atoms. The zero-order valence-corrected chi connectivity index (χ0v) is 11.3. The van der Waals surface area contributed by atoms with E-state index in [1.54, 1.807) is 46.4 Å². The lowest BCUT2D eigenvalue weighted by Gasteiger charge is -2.06. The average Bonchev–Trinajstić information content (AvgIpc) is 2.93. The third-order valence-corrected chi connectivity index (χ3v) is 2.68. The van der Waals surface area contributed by atoms with Crippen molar-refractivity contribution in [3.63, 3.8) is 0 Å². The van der Waals surface area contributed by atoms with E-state index in [1.165, 1.54) is 0 Å². The molecule has 1 heterocycles. The highest BCUT2D eigenvalue weighted by Crippen LogP contribution is 2.22. The minimum atomic E-state index is 0.488. The lowest BCUT2D eigenvalue weighted by Crippen LogP contribution is -2.07. The highest BCUT2D eigenvalue weighted by atomic mass is 16.1. The minimum Gasteiger partial charge on any atom is -0.369 e. The van der Waals surface area contributed by atoms with Crippen LogP contribution in [-0.4, -0.2) is 36.2 Å². The van der Waals surface area contributed by atoms with Crippen molar-refractivity contribution in [2.45, 2.75) is 0 Å². The number of nitriles is 1. The number of aromatic nitrogens is 1. The molecule has 5 heteroatoms. The Morgan fingerprint density at radius 3 is 2.75 bits per heavy atom. The van der Waals surface area contributed by atoms with Crippen LogP contribution in [0.3, 0.4) is 0 Å². The smallest absolute Gasteiger partial charge is 0.151 e. The molecular weight excluding hydrogens is 252 g/mol. The van der Waals surface area contributed by atoms with Crippen LogP contribution in [0.2, 0.25) is 0 Å². The predicted molar refractivity (Wildman–Crippen MR) is 77.7 cm³/mol. The largest absolute Gasteiger partial charge is 0.369 e. The second kappa shape index (κ2) is 5.85. The normalized spacial score (nSPS) is 10.4. The average molecular weight is 266 g/mol. The van der Waals surface area contributed by atoms with Gasteiger partial charge in [0.1, 0.15) is 6.07 Å². The van der Waals surface area contributed by atoms with Crippen molar-refractivity contribution >= 4 is 18.3 Å². The van der Waals surface area contributed by atoms with Crippen molar-refractivity contribution in [2.24, 2.45) is 4.99 Å². The molecule has 0 saturated heterocycles. The molecule has 1 aromatic carbocycles. The van der Waals surface area contributed by atoms with Gasteiger partial charge in [0.2, 0.25) is 0 Å². The van der Waals surface area contributed by atoms with Crippen LogP contribution in [-0.2, 0) is 0 Å². The van der Waals surface area contributed by atoms with E-state index in [0.717, 1.165) is 12.0 Å². The first-order chi connectivity index (χ1) is 9.63. The first-order valence-electron chi connectivity index (χ1n) is 6.02. The molecule has 0 N–H and O–H groups in total. The second-order valence-corrected chi connectivity index (χ2v) is 4.49. The molecule has 2 aromatic rings. The van der Waals surface area contributed by atoms with Crippen molar-refractivity contribution in [1.29, 1.82) is 5.26 Å². The molecule has 0 aliphatic rings. The van der Waals surface area contributed by atoms with Gasteiger partial charge in [-0.2, -0.15) is 5.26 Å². The van der Waals surface area contributed by atoms with E-state index in [4.69, 9.17) is 0 Å². The van der Waals surface area contributed by atoms with Gasteiger partial charge in [0.25, 0.3) is 0 Å². The number of benzene rings is 1. The summed E-state index contributed by atoms with van der Waals surface area (Å²) in [5.74, 6) is 0. The number of aliphatic imine (C=N–C) groups is 1. The van der Waals surface area contributed by atoms with E-state index in [9.17, 15) is 10.1 Å². The molecule has 0 spiro atoms. The summed E-state index contributed by atoms with van der Waals surface area (Å²) in [6.45, 7) is 0. The van der Waals surface area contributed by atoms with Crippen LogP contribution in [0, 0.1) is 11.3 Å². The van der Waals surface area contributed by atoms with Gasteiger partial charge < -0.3 is 9.47 Å². The van der Waals surface area contributed by atoms with Gasteiger partial charge in [-0.25, -0.2) is 4.99 Å². The Hall–Kier alpha value is -2.87. The summed E-state index contributed by atoms with van der Waals surface area (Å²) in [6, 6.07) is 9.25. The topological polar surface area (TPSA) is 61.4 Å². The molecule has 0 aliphatic heterocycles. The summed E-state index contributed by atoms with van der Waals surface area (Å²) in [6.07, 6.45) is 5.93. The molecule has 0 saturated carbocycles. The Balaban J connectivity index is 2.39. The van der Waals surface area contributed by atoms with Crippen molar-refractivity contribution in [3.05, 3.63) is 47.8 Å². The van der Waals surface area contributed by atoms with Crippen LogP contribution in [0.25, 0.3) is 5.69 Å². The molecule has 20 heavy (non-hydrogen) atoms. The van der Waals surface area contributed by atoms with Crippen molar-refractivity contribution in [2.75, 3.05) is 14.1 Å². The first-order valence-corrected chi connectivity index (χ1v) is 6.02. The Morgan fingerprint density at radius 2 is 2.15 bits per heavy atom. The molecule has 0 fully saturated rings. The standard InChI is InChI=1S/C15H14N4O/c1-18(2)11-17-15-4-3-14(7-13(15)8-16)19-6-5-12(9-19)10-20/h3-7,9-11H,1-2H3/b17-11+. The van der Waals surface area contributed by atoms with Gasteiger partial charge in [-0.1, -0.05) is 0 Å². The summed E-state index contributed by atoms with van der Waals surface area (Å²) >= 11 is 0. The maximum atomic E-state index is 10.7. The van der Waals surface area contributed by atoms with Crippen LogP contribution in [0.15, 0.2) is 41.7 Å². The summed E-state index contributed by atoms with van der Waals surface area (Å²) in [4.78, 5) is 16.7. The molecule has 1 aromatic heterocycles. The monoisotopic (exact) mass is 266 g/mol. The van der Waals surface area contributed by atoms with Crippen LogP contribution < -0.4 is 0 Å². The van der Waals surface area contributed by atoms with Crippen molar-refractivity contribution in [1.82, 2.24) is 9.47 Å². The summed E-state index contributed by atoms with van der Waals surface area (Å²) in [7, 11) is 3.73. The Labute approximate surface area is 117 Å². The molecule has 2 rings (SSSR count). The van der Waals surface area contributed by atoms with E-state index in [2.05, 4.69) is 11.1 Å². The number of hydrogen-bond donors (Lipinski definition) is 0. The minimum absolute atomic E-state index is 0.488. The summed E-state index contributed by atoms with van der Waals surface area (Å²) < 4.78 is 1.80. The Morgan fingerprint density at radius 1 is 1.35 bits per heavy atom. The number of nitrogens with zero attached hydrogens (tertiary/aromatic N) is 4. The first kappa shape index (κ1) is 13.6. The van der Waals surface area contributed by atoms with Gasteiger partial charge >= 0.3 is 0 Å². The lowest BCUT2D eigenvalue weighted by atomic mass is 10.1. The predicted octanol–water partition coefficient (Wildman–Crippen LogP) is 2.38. The van der Waals surface area contributed by atoms with E-state index in [-0.39, 0.29) is 0 Å². The molecule has 100 valence electrons. The second-order valence-electron chi connectivity index (χ2n) is 4.49. The van der Waals surface area contributed by atoms with Gasteiger partial charge in [0, 0.05) is 37.7 Å². The summed E-state index contributed by atoms with van der Waals surface area (Å²) in [5.41, 5.74) is 2.52. The number of rotatable bonds is 4. The molecule has 0 radical (unpaired) electrons. The van der Waals surface area contributed by atoms with Gasteiger partial charge in [-0.15, -0.1) is 0 Å². The van der Waals surface area contributed by atoms with Crippen molar-refractivity contribution < 1.29 is 4.79 Å². The Bertz CT molecular complexity index is 692. The fraction of sp³-hybridized carbons (Fsp3) is 0.133.